The number of fused-ring (bicyclic) bond motifs is 1. The maximum Gasteiger partial charge on any atom is 0.316 e. The molecule has 2 unspecified atom stereocenters. The molecule has 2 aromatic heterocycles. The second-order valence-electron chi connectivity index (χ2n) is 7.67. The Labute approximate surface area is 190 Å². The molecule has 0 radical (unpaired) electrons. The number of rotatable bonds is 7. The van der Waals surface area contributed by atoms with Crippen molar-refractivity contribution in [2.45, 2.75) is 25.9 Å². The second kappa shape index (κ2) is 9.63. The molecule has 2 atom stereocenters. The minimum Gasteiger partial charge on any atom is -0.440 e. The van der Waals surface area contributed by atoms with Gasteiger partial charge >= 0.3 is 5.97 Å². The van der Waals surface area contributed by atoms with E-state index < -0.39 is 18.0 Å². The third-order valence-electron chi connectivity index (χ3n) is 5.00. The molecule has 0 amide bonds. The number of nitrogens with zero attached hydrogens (tertiary/aromatic N) is 2. The highest BCUT2D eigenvalue weighted by atomic mass is 32.1. The number of aromatic nitrogens is 1. The van der Waals surface area contributed by atoms with Crippen LogP contribution in [0.4, 0.5) is 0 Å². The SMILES string of the molecule is CC(C)C(C(=O)OC(C#N)c1cccc(Oc2ccccc2)n1)c1cc2ccccc2s1. The molecule has 0 saturated carbocycles. The lowest BCUT2D eigenvalue weighted by Gasteiger charge is -2.20. The number of para-hydroxylation sites is 1. The quantitative estimate of drug-likeness (QED) is 0.300. The van der Waals surface area contributed by atoms with E-state index in [1.165, 1.54) is 0 Å². The maximum absolute atomic E-state index is 13.2. The van der Waals surface area contributed by atoms with Gasteiger partial charge in [-0.05, 0) is 41.6 Å². The van der Waals surface area contributed by atoms with Crippen molar-refractivity contribution in [3.8, 4) is 17.7 Å². The number of hydrogen-bond donors (Lipinski definition) is 0. The van der Waals surface area contributed by atoms with Crippen molar-refractivity contribution < 1.29 is 14.3 Å². The summed E-state index contributed by atoms with van der Waals surface area (Å²) in [6.07, 6.45) is -1.13. The normalized spacial score (nSPS) is 12.8. The van der Waals surface area contributed by atoms with Gasteiger partial charge in [0.1, 0.15) is 11.8 Å². The van der Waals surface area contributed by atoms with E-state index in [0.29, 0.717) is 17.3 Å². The van der Waals surface area contributed by atoms with Crippen LogP contribution in [-0.4, -0.2) is 11.0 Å². The van der Waals surface area contributed by atoms with E-state index in [1.54, 1.807) is 29.5 Å². The molecule has 4 aromatic rings. The van der Waals surface area contributed by atoms with Crippen LogP contribution in [-0.2, 0) is 9.53 Å². The van der Waals surface area contributed by atoms with Crippen LogP contribution in [0.2, 0.25) is 0 Å². The number of hydrogen-bond acceptors (Lipinski definition) is 6. The number of carbonyl (C=O) groups is 1. The van der Waals surface area contributed by atoms with Crippen molar-refractivity contribution in [1.29, 1.82) is 5.26 Å². The van der Waals surface area contributed by atoms with Gasteiger partial charge in [0.25, 0.3) is 0 Å². The molecule has 0 aliphatic rings. The topological polar surface area (TPSA) is 72.2 Å². The van der Waals surface area contributed by atoms with E-state index in [1.807, 2.05) is 74.5 Å². The zero-order valence-corrected chi connectivity index (χ0v) is 18.6. The second-order valence-corrected chi connectivity index (χ2v) is 8.79. The van der Waals surface area contributed by atoms with Crippen LogP contribution in [0.3, 0.4) is 0 Å². The van der Waals surface area contributed by atoms with Gasteiger partial charge in [0.15, 0.2) is 0 Å². The fraction of sp³-hybridized carbons (Fsp3) is 0.192. The van der Waals surface area contributed by atoms with E-state index in [4.69, 9.17) is 9.47 Å². The first-order valence-corrected chi connectivity index (χ1v) is 11.1. The van der Waals surface area contributed by atoms with E-state index in [0.717, 1.165) is 15.0 Å². The first kappa shape index (κ1) is 21.5. The number of pyridine rings is 1. The third-order valence-corrected chi connectivity index (χ3v) is 6.20. The number of nitriles is 1. The summed E-state index contributed by atoms with van der Waals surface area (Å²) in [6, 6.07) is 26.4. The number of esters is 1. The molecule has 0 aliphatic carbocycles. The Morgan fingerprint density at radius 3 is 2.47 bits per heavy atom. The summed E-state index contributed by atoms with van der Waals surface area (Å²) in [5, 5.41) is 10.8. The van der Waals surface area contributed by atoms with Crippen molar-refractivity contribution in [2.75, 3.05) is 0 Å². The van der Waals surface area contributed by atoms with Crippen molar-refractivity contribution >= 4 is 27.4 Å². The molecule has 0 fully saturated rings. The van der Waals surface area contributed by atoms with Crippen LogP contribution in [0.25, 0.3) is 10.1 Å². The zero-order valence-electron chi connectivity index (χ0n) is 17.8. The van der Waals surface area contributed by atoms with Gasteiger partial charge in [0.05, 0.1) is 11.6 Å². The fourth-order valence-electron chi connectivity index (χ4n) is 3.46. The Balaban J connectivity index is 1.55. The molecule has 4 rings (SSSR count). The average Bonchev–Trinajstić information content (AvgIpc) is 3.21. The van der Waals surface area contributed by atoms with Gasteiger partial charge in [0.2, 0.25) is 12.0 Å². The fourth-order valence-corrected chi connectivity index (χ4v) is 4.78. The molecule has 160 valence electrons. The largest absolute Gasteiger partial charge is 0.440 e. The highest BCUT2D eigenvalue weighted by molar-refractivity contribution is 7.19. The first-order chi connectivity index (χ1) is 15.5. The van der Waals surface area contributed by atoms with E-state index in [9.17, 15) is 10.1 Å². The van der Waals surface area contributed by atoms with Gasteiger partial charge in [-0.15, -0.1) is 11.3 Å². The number of benzene rings is 2. The third kappa shape index (κ3) is 4.79. The molecule has 32 heavy (non-hydrogen) atoms. The minimum atomic E-state index is -1.13. The van der Waals surface area contributed by atoms with Crippen LogP contribution in [0.1, 0.15) is 36.4 Å². The van der Waals surface area contributed by atoms with Gasteiger partial charge in [-0.3, -0.25) is 4.79 Å². The van der Waals surface area contributed by atoms with Crippen LogP contribution < -0.4 is 4.74 Å². The monoisotopic (exact) mass is 442 g/mol. The smallest absolute Gasteiger partial charge is 0.316 e. The lowest BCUT2D eigenvalue weighted by Crippen LogP contribution is -2.22. The summed E-state index contributed by atoms with van der Waals surface area (Å²) in [5.74, 6) is 0.0686. The standard InChI is InChI=1S/C26H22N2O3S/c1-17(2)25(23-15-18-9-6-7-13-22(18)32-23)26(29)31-21(16-27)20-12-8-14-24(28-20)30-19-10-4-3-5-11-19/h3-15,17,21,25H,1-2H3. The van der Waals surface area contributed by atoms with Crippen molar-refractivity contribution in [3.63, 3.8) is 0 Å². The molecule has 6 heteroatoms. The predicted molar refractivity (Wildman–Crippen MR) is 125 cm³/mol. The maximum atomic E-state index is 13.2. The van der Waals surface area contributed by atoms with E-state index in [2.05, 4.69) is 11.1 Å². The Morgan fingerprint density at radius 2 is 1.75 bits per heavy atom. The summed E-state index contributed by atoms with van der Waals surface area (Å²) < 4.78 is 12.5. The molecule has 0 N–H and O–H groups in total. The van der Waals surface area contributed by atoms with Gasteiger partial charge in [-0.1, -0.05) is 56.3 Å². The van der Waals surface area contributed by atoms with Crippen LogP contribution in [0.15, 0.2) is 78.9 Å². The summed E-state index contributed by atoms with van der Waals surface area (Å²) >= 11 is 1.58. The average molecular weight is 443 g/mol. The summed E-state index contributed by atoms with van der Waals surface area (Å²) in [7, 11) is 0. The number of carbonyl (C=O) groups excluding carboxylic acids is 1. The molecule has 5 nitrogen and oxygen atoms in total. The molecule has 0 bridgehead atoms. The Bertz CT molecular complexity index is 1230. The number of thiophene rings is 1. The summed E-state index contributed by atoms with van der Waals surface area (Å²) in [4.78, 5) is 18.5. The molecule has 2 heterocycles. The lowest BCUT2D eigenvalue weighted by molar-refractivity contribution is -0.150. The van der Waals surface area contributed by atoms with Gasteiger partial charge < -0.3 is 9.47 Å². The summed E-state index contributed by atoms with van der Waals surface area (Å²) in [6.45, 7) is 3.95. The molecule has 0 aliphatic heterocycles. The van der Waals surface area contributed by atoms with E-state index >= 15 is 0 Å². The summed E-state index contributed by atoms with van der Waals surface area (Å²) in [5.41, 5.74) is 0.327. The van der Waals surface area contributed by atoms with Crippen molar-refractivity contribution in [1.82, 2.24) is 4.98 Å². The van der Waals surface area contributed by atoms with Crippen LogP contribution >= 0.6 is 11.3 Å². The highest BCUT2D eigenvalue weighted by Gasteiger charge is 2.30. The van der Waals surface area contributed by atoms with Gasteiger partial charge in [-0.2, -0.15) is 5.26 Å². The Hall–Kier alpha value is -3.69. The van der Waals surface area contributed by atoms with Gasteiger partial charge in [-0.25, -0.2) is 4.98 Å². The molecular weight excluding hydrogens is 420 g/mol. The first-order valence-electron chi connectivity index (χ1n) is 10.3. The molecule has 2 aromatic carbocycles. The van der Waals surface area contributed by atoms with E-state index in [-0.39, 0.29) is 5.92 Å². The van der Waals surface area contributed by atoms with Crippen LogP contribution in [0.5, 0.6) is 11.6 Å². The van der Waals surface area contributed by atoms with Crippen LogP contribution in [0, 0.1) is 17.2 Å². The highest BCUT2D eigenvalue weighted by Crippen LogP contribution is 2.36. The predicted octanol–water partition coefficient (Wildman–Crippen LogP) is 6.64. The van der Waals surface area contributed by atoms with Crippen molar-refractivity contribution in [2.24, 2.45) is 5.92 Å². The zero-order chi connectivity index (χ0) is 22.5. The molecule has 0 saturated heterocycles. The number of ether oxygens (including phenoxy) is 2. The van der Waals surface area contributed by atoms with Gasteiger partial charge in [0, 0.05) is 15.6 Å². The molecular formula is C26H22N2O3S. The van der Waals surface area contributed by atoms with Crippen molar-refractivity contribution in [3.05, 3.63) is 89.4 Å². The minimum absolute atomic E-state index is 0.00983. The Morgan fingerprint density at radius 1 is 1.00 bits per heavy atom. The lowest BCUT2D eigenvalue weighted by atomic mass is 9.94. The Kier molecular flexibility index (Phi) is 6.48. The molecule has 0 spiro atoms.